The zero-order valence-electron chi connectivity index (χ0n) is 11.2. The second kappa shape index (κ2) is 5.53. The monoisotopic (exact) mass is 271 g/mol. The van der Waals surface area contributed by atoms with Gasteiger partial charge in [-0.25, -0.2) is 4.79 Å². The molecule has 1 aromatic rings. The van der Waals surface area contributed by atoms with E-state index in [2.05, 4.69) is 10.3 Å². The van der Waals surface area contributed by atoms with Gasteiger partial charge in [0.15, 0.2) is 0 Å². The smallest absolute Gasteiger partial charge is 0.377 e. The van der Waals surface area contributed by atoms with Crippen LogP contribution in [-0.4, -0.2) is 23.5 Å². The van der Waals surface area contributed by atoms with Crippen LogP contribution in [-0.2, 0) is 14.5 Å². The molecule has 0 spiro atoms. The molecule has 0 saturated heterocycles. The molecule has 0 amide bonds. The van der Waals surface area contributed by atoms with Crippen molar-refractivity contribution >= 4 is 17.9 Å². The molecule has 1 atom stereocenters. The van der Waals surface area contributed by atoms with Gasteiger partial charge in [-0.2, -0.15) is 5.26 Å². The van der Waals surface area contributed by atoms with E-state index in [4.69, 9.17) is 14.9 Å². The van der Waals surface area contributed by atoms with Crippen molar-refractivity contribution in [3.05, 3.63) is 35.4 Å². The van der Waals surface area contributed by atoms with E-state index in [0.717, 1.165) is 11.3 Å². The third-order valence-corrected chi connectivity index (χ3v) is 2.81. The quantitative estimate of drug-likeness (QED) is 0.478. The molecule has 6 heteroatoms. The summed E-state index contributed by atoms with van der Waals surface area (Å²) in [6, 6.07) is 8.74. The van der Waals surface area contributed by atoms with E-state index in [-0.39, 0.29) is 0 Å². The van der Waals surface area contributed by atoms with Crippen molar-refractivity contribution in [2.24, 2.45) is 10.3 Å². The molecule has 6 nitrogen and oxygen atoms in total. The molecule has 0 N–H and O–H groups in total. The molecule has 1 aliphatic rings. The van der Waals surface area contributed by atoms with E-state index in [1.54, 1.807) is 38.1 Å². The van der Waals surface area contributed by atoms with Crippen molar-refractivity contribution in [3.63, 3.8) is 0 Å². The second-order valence-corrected chi connectivity index (χ2v) is 4.67. The predicted octanol–water partition coefficient (Wildman–Crippen LogP) is 1.99. The Morgan fingerprint density at radius 2 is 2.25 bits per heavy atom. The van der Waals surface area contributed by atoms with Crippen LogP contribution in [0.1, 0.15) is 31.4 Å². The first-order chi connectivity index (χ1) is 9.53. The Balaban J connectivity index is 1.93. The largest absolute Gasteiger partial charge is 0.381 e. The molecule has 0 aromatic heterocycles. The lowest BCUT2D eigenvalue weighted by atomic mass is 10.0. The Hall–Kier alpha value is -2.68. The summed E-state index contributed by atoms with van der Waals surface area (Å²) in [5.74, 6) is -0.594. The van der Waals surface area contributed by atoms with Gasteiger partial charge in [-0.15, -0.1) is 0 Å². The van der Waals surface area contributed by atoms with Crippen LogP contribution in [0.15, 0.2) is 34.6 Å². The van der Waals surface area contributed by atoms with Gasteiger partial charge in [0.25, 0.3) is 0 Å². The van der Waals surface area contributed by atoms with E-state index >= 15 is 0 Å². The Labute approximate surface area is 116 Å². The molecule has 102 valence electrons. The highest BCUT2D eigenvalue weighted by molar-refractivity contribution is 5.92. The molecule has 0 radical (unpaired) electrons. The van der Waals surface area contributed by atoms with Gasteiger partial charge >= 0.3 is 5.97 Å². The molecule has 0 fully saturated rings. The summed E-state index contributed by atoms with van der Waals surface area (Å²) in [6.45, 7) is 3.38. The number of rotatable bonds is 3. The fraction of sp³-hybridized carbons (Fsp3) is 0.286. The first-order valence-electron chi connectivity index (χ1n) is 6.00. The highest BCUT2D eigenvalue weighted by Gasteiger charge is 2.42. The molecular weight excluding hydrogens is 258 g/mol. The van der Waals surface area contributed by atoms with E-state index in [1.807, 2.05) is 6.07 Å². The summed E-state index contributed by atoms with van der Waals surface area (Å²) in [5.41, 5.74) is 0.910. The number of oxime groups is 2. The Morgan fingerprint density at radius 3 is 2.80 bits per heavy atom. The predicted molar refractivity (Wildman–Crippen MR) is 72.1 cm³/mol. The minimum absolute atomic E-state index is 0.387. The summed E-state index contributed by atoms with van der Waals surface area (Å²) in [6.07, 6.45) is 1.78. The molecule has 0 aliphatic carbocycles. The van der Waals surface area contributed by atoms with E-state index in [9.17, 15) is 4.79 Å². The molecule has 0 saturated carbocycles. The highest BCUT2D eigenvalue weighted by Crippen LogP contribution is 2.24. The number of nitriles is 1. The van der Waals surface area contributed by atoms with Crippen LogP contribution in [0.5, 0.6) is 0 Å². The fourth-order valence-corrected chi connectivity index (χ4v) is 1.72. The Bertz CT molecular complexity index is 614. The molecule has 20 heavy (non-hydrogen) atoms. The second-order valence-electron chi connectivity index (χ2n) is 4.67. The van der Waals surface area contributed by atoms with Gasteiger partial charge in [-0.05, 0) is 31.5 Å². The van der Waals surface area contributed by atoms with Crippen molar-refractivity contribution in [3.8, 4) is 6.07 Å². The summed E-state index contributed by atoms with van der Waals surface area (Å²) >= 11 is 0. The van der Waals surface area contributed by atoms with Gasteiger partial charge in [0.2, 0.25) is 5.60 Å². The van der Waals surface area contributed by atoms with Crippen LogP contribution in [0, 0.1) is 11.3 Å². The SMILES string of the molecule is CC1=NOC(C)(C(=O)O/N=C/c2ccc(C#N)cc2)C1. The summed E-state index contributed by atoms with van der Waals surface area (Å²) in [5, 5.41) is 16.0. The zero-order chi connectivity index (χ0) is 14.6. The Kier molecular flexibility index (Phi) is 3.80. The number of carbonyl (C=O) groups is 1. The lowest BCUT2D eigenvalue weighted by Crippen LogP contribution is -2.36. The van der Waals surface area contributed by atoms with Crippen molar-refractivity contribution in [2.45, 2.75) is 25.9 Å². The minimum atomic E-state index is -1.11. The first kappa shape index (κ1) is 13.7. The molecule has 0 bridgehead atoms. The number of hydrogen-bond donors (Lipinski definition) is 0. The third-order valence-electron chi connectivity index (χ3n) is 2.81. The van der Waals surface area contributed by atoms with Gasteiger partial charge < -0.3 is 9.68 Å². The molecule has 2 rings (SSSR count). The van der Waals surface area contributed by atoms with Gasteiger partial charge in [0, 0.05) is 6.42 Å². The topological polar surface area (TPSA) is 84.0 Å². The Morgan fingerprint density at radius 1 is 1.55 bits per heavy atom. The van der Waals surface area contributed by atoms with Crippen LogP contribution in [0.3, 0.4) is 0 Å². The van der Waals surface area contributed by atoms with Crippen molar-refractivity contribution in [1.29, 1.82) is 5.26 Å². The maximum atomic E-state index is 11.8. The van der Waals surface area contributed by atoms with Gasteiger partial charge in [0.1, 0.15) is 0 Å². The van der Waals surface area contributed by atoms with E-state index < -0.39 is 11.6 Å². The lowest BCUT2D eigenvalue weighted by molar-refractivity contribution is -0.167. The average molecular weight is 271 g/mol. The van der Waals surface area contributed by atoms with Gasteiger partial charge in [-0.1, -0.05) is 22.4 Å². The molecule has 1 heterocycles. The standard InChI is InChI=1S/C14H13N3O3/c1-10-7-14(2,20-17-10)13(18)19-16-9-12-5-3-11(8-15)4-6-12/h3-6,9H,7H2,1-2H3/b16-9+. The van der Waals surface area contributed by atoms with E-state index in [0.29, 0.717) is 12.0 Å². The molecule has 1 unspecified atom stereocenters. The molecule has 1 aliphatic heterocycles. The van der Waals surface area contributed by atoms with Gasteiger partial charge in [-0.3, -0.25) is 0 Å². The maximum absolute atomic E-state index is 11.8. The normalized spacial score (nSPS) is 21.1. The van der Waals surface area contributed by atoms with Crippen LogP contribution < -0.4 is 0 Å². The van der Waals surface area contributed by atoms with Gasteiger partial charge in [0.05, 0.1) is 23.6 Å². The first-order valence-corrected chi connectivity index (χ1v) is 6.00. The molecular formula is C14H13N3O3. The maximum Gasteiger partial charge on any atom is 0.381 e. The van der Waals surface area contributed by atoms with Crippen molar-refractivity contribution < 1.29 is 14.5 Å². The number of benzene rings is 1. The third kappa shape index (κ3) is 3.01. The van der Waals surface area contributed by atoms with Crippen LogP contribution in [0.2, 0.25) is 0 Å². The number of carbonyl (C=O) groups excluding carboxylic acids is 1. The number of hydrogen-bond acceptors (Lipinski definition) is 6. The summed E-state index contributed by atoms with van der Waals surface area (Å²) < 4.78 is 0. The average Bonchev–Trinajstić information content (AvgIpc) is 2.80. The highest BCUT2D eigenvalue weighted by atomic mass is 16.7. The summed E-state index contributed by atoms with van der Waals surface area (Å²) in [4.78, 5) is 21.7. The zero-order valence-corrected chi connectivity index (χ0v) is 11.2. The van der Waals surface area contributed by atoms with Crippen molar-refractivity contribution in [2.75, 3.05) is 0 Å². The van der Waals surface area contributed by atoms with Crippen LogP contribution >= 0.6 is 0 Å². The summed E-state index contributed by atoms with van der Waals surface area (Å²) in [7, 11) is 0. The van der Waals surface area contributed by atoms with Crippen LogP contribution in [0.4, 0.5) is 0 Å². The fourth-order valence-electron chi connectivity index (χ4n) is 1.72. The van der Waals surface area contributed by atoms with Crippen molar-refractivity contribution in [1.82, 2.24) is 0 Å². The lowest BCUT2D eigenvalue weighted by Gasteiger charge is -2.16. The van der Waals surface area contributed by atoms with Crippen LogP contribution in [0.25, 0.3) is 0 Å². The number of nitrogens with zero attached hydrogens (tertiary/aromatic N) is 3. The van der Waals surface area contributed by atoms with E-state index in [1.165, 1.54) is 6.21 Å². The molecule has 1 aromatic carbocycles. The minimum Gasteiger partial charge on any atom is -0.377 e.